The molecule has 0 saturated carbocycles. The number of carbonyl (C=O) groups is 5. The Morgan fingerprint density at radius 2 is 1.35 bits per heavy atom. The number of piperidine rings is 1. The van der Waals surface area contributed by atoms with Crippen molar-refractivity contribution in [2.75, 3.05) is 120 Å². The molecule has 0 aliphatic carbocycles. The van der Waals surface area contributed by atoms with Crippen molar-refractivity contribution in [3.63, 3.8) is 0 Å². The number of anilines is 6. The number of amides is 5. The summed E-state index contributed by atoms with van der Waals surface area (Å²) < 4.78 is 56.4. The van der Waals surface area contributed by atoms with E-state index >= 15 is 0 Å². The average molecular weight is 1040 g/mol. The molecule has 1 aromatic heterocycles. The lowest BCUT2D eigenvalue weighted by Gasteiger charge is -2.36. The highest BCUT2D eigenvalue weighted by Gasteiger charge is 2.44. The number of imide groups is 2. The minimum absolute atomic E-state index is 0.0568. The van der Waals surface area contributed by atoms with E-state index in [2.05, 4.69) is 40.9 Å². The van der Waals surface area contributed by atoms with Gasteiger partial charge in [0.15, 0.2) is 0 Å². The maximum atomic E-state index is 13.0. The molecule has 398 valence electrons. The summed E-state index contributed by atoms with van der Waals surface area (Å²) in [6.45, 7) is 14.2. The maximum absolute atomic E-state index is 13.0. The Kier molecular flexibility index (Phi) is 19.4. The Labute approximate surface area is 431 Å². The molecule has 0 bridgehead atoms. The topological polar surface area (TPSA) is 261 Å². The molecule has 1 unspecified atom stereocenters. The van der Waals surface area contributed by atoms with Gasteiger partial charge >= 0.3 is 0 Å². The number of rotatable bonds is 27. The minimum atomic E-state index is -3.71. The summed E-state index contributed by atoms with van der Waals surface area (Å²) >= 11 is 0. The summed E-state index contributed by atoms with van der Waals surface area (Å²) in [5.74, 6) is -1.20. The van der Waals surface area contributed by atoms with Crippen LogP contribution in [0.15, 0.2) is 77.8 Å². The SMILES string of the molecule is Cc1cnc(Nc2ccc(N3CCN(C(=O)CCOCCOCCOCCOCCOCCNc4ccc5c(c4)C(=O)N(C4CCC(=O)NC4=O)C5=O)CC3)cc2)nc1Nc1cccc(S(=O)(=O)NC(C)(C)C)c1. The second-order valence-electron chi connectivity index (χ2n) is 18.7. The van der Waals surface area contributed by atoms with Gasteiger partial charge < -0.3 is 49.4 Å². The Hall–Kier alpha value is -6.60. The van der Waals surface area contributed by atoms with Crippen molar-refractivity contribution >= 4 is 74.1 Å². The number of nitrogens with zero attached hydrogens (tertiary/aromatic N) is 5. The highest BCUT2D eigenvalue weighted by molar-refractivity contribution is 7.89. The average Bonchev–Trinajstić information content (AvgIpc) is 3.61. The molecular weight excluding hydrogens is 977 g/mol. The molecule has 0 spiro atoms. The lowest BCUT2D eigenvalue weighted by atomic mass is 10.0. The lowest BCUT2D eigenvalue weighted by molar-refractivity contribution is -0.136. The van der Waals surface area contributed by atoms with Crippen LogP contribution in [0.1, 0.15) is 66.3 Å². The molecular formula is C51H66N10O12S. The fourth-order valence-electron chi connectivity index (χ4n) is 8.22. The fourth-order valence-corrected chi connectivity index (χ4v) is 9.68. The predicted octanol–water partition coefficient (Wildman–Crippen LogP) is 3.98. The van der Waals surface area contributed by atoms with Gasteiger partial charge in [0.25, 0.3) is 11.8 Å². The summed E-state index contributed by atoms with van der Waals surface area (Å²) in [6.07, 6.45) is 2.16. The van der Waals surface area contributed by atoms with Crippen molar-refractivity contribution in [2.24, 2.45) is 0 Å². The Bertz CT molecular complexity index is 2710. The summed E-state index contributed by atoms with van der Waals surface area (Å²) in [6, 6.07) is 18.3. The van der Waals surface area contributed by atoms with Crippen LogP contribution in [0, 0.1) is 6.92 Å². The largest absolute Gasteiger partial charge is 0.383 e. The Balaban J connectivity index is 0.670. The number of ether oxygens (including phenoxy) is 5. The van der Waals surface area contributed by atoms with Crippen molar-refractivity contribution in [3.8, 4) is 0 Å². The van der Waals surface area contributed by atoms with E-state index < -0.39 is 45.2 Å². The first kappa shape index (κ1) is 55.2. The number of aryl methyl sites for hydroxylation is 1. The van der Waals surface area contributed by atoms with Crippen LogP contribution in [-0.2, 0) is 48.1 Å². The van der Waals surface area contributed by atoms with Crippen LogP contribution in [0.3, 0.4) is 0 Å². The van der Waals surface area contributed by atoms with Crippen molar-refractivity contribution in [1.29, 1.82) is 0 Å². The van der Waals surface area contributed by atoms with Crippen molar-refractivity contribution in [3.05, 3.63) is 89.6 Å². The first-order valence-corrected chi connectivity index (χ1v) is 26.2. The molecule has 23 heteroatoms. The van der Waals surface area contributed by atoms with Gasteiger partial charge in [-0.15, -0.1) is 0 Å². The minimum Gasteiger partial charge on any atom is -0.383 e. The van der Waals surface area contributed by atoms with E-state index in [1.54, 1.807) is 69.4 Å². The quantitative estimate of drug-likeness (QED) is 0.0418. The molecule has 5 N–H and O–H groups in total. The summed E-state index contributed by atoms with van der Waals surface area (Å²) in [5, 5.41) is 11.8. The van der Waals surface area contributed by atoms with Gasteiger partial charge in [-0.05, 0) is 94.8 Å². The van der Waals surface area contributed by atoms with Crippen LogP contribution < -0.4 is 30.9 Å². The molecule has 0 radical (unpaired) electrons. The number of sulfonamides is 1. The number of piperazine rings is 1. The monoisotopic (exact) mass is 1040 g/mol. The fraction of sp³-hybridized carbons (Fsp3) is 0.471. The van der Waals surface area contributed by atoms with Crippen LogP contribution >= 0.6 is 0 Å². The number of nitrogens with one attached hydrogen (secondary N) is 5. The molecule has 74 heavy (non-hydrogen) atoms. The zero-order valence-electron chi connectivity index (χ0n) is 42.3. The van der Waals surface area contributed by atoms with Gasteiger partial charge in [-0.2, -0.15) is 4.98 Å². The third-order valence-corrected chi connectivity index (χ3v) is 13.7. The molecule has 4 heterocycles. The third kappa shape index (κ3) is 15.7. The zero-order chi connectivity index (χ0) is 52.7. The van der Waals surface area contributed by atoms with E-state index in [4.69, 9.17) is 23.7 Å². The van der Waals surface area contributed by atoms with Gasteiger partial charge in [-0.25, -0.2) is 18.1 Å². The van der Waals surface area contributed by atoms with E-state index in [9.17, 15) is 32.4 Å². The maximum Gasteiger partial charge on any atom is 0.262 e. The molecule has 2 fully saturated rings. The number of fused-ring (bicyclic) bond motifs is 1. The van der Waals surface area contributed by atoms with Crippen LogP contribution in [-0.4, -0.2) is 168 Å². The summed E-state index contributed by atoms with van der Waals surface area (Å²) in [5.41, 5.74) is 3.63. The smallest absolute Gasteiger partial charge is 0.262 e. The van der Waals surface area contributed by atoms with Crippen molar-refractivity contribution < 1.29 is 56.1 Å². The molecule has 1 atom stereocenters. The molecule has 3 aromatic carbocycles. The second-order valence-corrected chi connectivity index (χ2v) is 20.4. The summed E-state index contributed by atoms with van der Waals surface area (Å²) in [7, 11) is -3.71. The number of hydrogen-bond donors (Lipinski definition) is 5. The number of benzene rings is 3. The van der Waals surface area contributed by atoms with Gasteiger partial charge in [0.2, 0.25) is 33.7 Å². The van der Waals surface area contributed by atoms with E-state index in [0.29, 0.717) is 128 Å². The molecule has 22 nitrogen and oxygen atoms in total. The van der Waals surface area contributed by atoms with E-state index in [1.165, 1.54) is 0 Å². The Morgan fingerprint density at radius 1 is 0.730 bits per heavy atom. The van der Waals surface area contributed by atoms with Crippen LogP contribution in [0.25, 0.3) is 0 Å². The van der Waals surface area contributed by atoms with E-state index in [1.807, 2.05) is 36.1 Å². The van der Waals surface area contributed by atoms with Gasteiger partial charge in [-0.1, -0.05) is 6.07 Å². The summed E-state index contributed by atoms with van der Waals surface area (Å²) in [4.78, 5) is 76.9. The van der Waals surface area contributed by atoms with Gasteiger partial charge in [0.1, 0.15) is 11.9 Å². The number of aromatic nitrogens is 2. The highest BCUT2D eigenvalue weighted by atomic mass is 32.2. The normalized spacial score (nSPS) is 16.1. The molecule has 7 rings (SSSR count). The first-order chi connectivity index (χ1) is 35.5. The van der Waals surface area contributed by atoms with Crippen LogP contribution in [0.5, 0.6) is 0 Å². The molecule has 2 saturated heterocycles. The molecule has 4 aromatic rings. The van der Waals surface area contributed by atoms with Crippen LogP contribution in [0.4, 0.5) is 34.5 Å². The zero-order valence-corrected chi connectivity index (χ0v) is 43.1. The van der Waals surface area contributed by atoms with Crippen LogP contribution in [0.2, 0.25) is 0 Å². The second kappa shape index (κ2) is 26.1. The molecule has 3 aliphatic heterocycles. The van der Waals surface area contributed by atoms with Gasteiger partial charge in [0, 0.05) is 79.2 Å². The molecule has 5 amide bonds. The first-order valence-electron chi connectivity index (χ1n) is 24.7. The van der Waals surface area contributed by atoms with Crippen molar-refractivity contribution in [2.45, 2.75) is 63.4 Å². The number of hydrogen-bond acceptors (Lipinski definition) is 18. The number of carbonyl (C=O) groups excluding carboxylic acids is 5. The van der Waals surface area contributed by atoms with Gasteiger partial charge in [0.05, 0.1) is 88.5 Å². The van der Waals surface area contributed by atoms with E-state index in [-0.39, 0.29) is 34.8 Å². The third-order valence-electron chi connectivity index (χ3n) is 11.9. The lowest BCUT2D eigenvalue weighted by Crippen LogP contribution is -2.54. The van der Waals surface area contributed by atoms with Crippen molar-refractivity contribution in [1.82, 2.24) is 29.8 Å². The predicted molar refractivity (Wildman–Crippen MR) is 275 cm³/mol. The molecule has 3 aliphatic rings. The highest BCUT2D eigenvalue weighted by Crippen LogP contribution is 2.30. The van der Waals surface area contributed by atoms with Gasteiger partial charge in [-0.3, -0.25) is 34.2 Å². The Morgan fingerprint density at radius 3 is 2.00 bits per heavy atom. The van der Waals surface area contributed by atoms with E-state index in [0.717, 1.165) is 21.8 Å². The standard InChI is InChI=1S/C51H66N10O12S/c1-35-34-53-50(57-46(35)54-38-6-5-7-40(32-38)74(67,68)58-51(2,3)4)55-36-8-11-39(12-9-36)59-18-20-60(21-19-59)45(63)16-22-69-24-26-71-28-30-73-31-29-72-27-25-70-23-17-52-37-10-13-41-42(33-37)49(66)61(48(41)65)43-14-15-44(62)56-47(43)64/h5-13,32-34,43,52,58H,14-31H2,1-4H3,(H,56,62,64)(H2,53,54,55,57).